The van der Waals surface area contributed by atoms with E-state index in [4.69, 9.17) is 4.74 Å². The molecule has 1 amide bonds. The third-order valence-electron chi connectivity index (χ3n) is 5.43. The number of amides is 1. The van der Waals surface area contributed by atoms with Gasteiger partial charge in [-0.05, 0) is 50.6 Å². The monoisotopic (exact) mass is 477 g/mol. The molecule has 0 fully saturated rings. The van der Waals surface area contributed by atoms with Gasteiger partial charge in [-0.15, -0.1) is 11.3 Å². The van der Waals surface area contributed by atoms with E-state index < -0.39 is 4.92 Å². The standard InChI is InChI=1S/C24H23N5O4S/c1-14-5-10-21(33-4)19(11-14)20-13-34-24(25-20)26-23(30)18-8-6-17(7-9-18)12-28-16(3)22(29(31)32)15(2)27-28/h5-11,13H,12H2,1-4H3,(H,25,26,30). The Bertz CT molecular complexity index is 1370. The van der Waals surface area contributed by atoms with E-state index in [1.165, 1.54) is 11.3 Å². The number of methoxy groups -OCH3 is 1. The molecule has 4 aromatic rings. The molecule has 10 heteroatoms. The van der Waals surface area contributed by atoms with E-state index in [2.05, 4.69) is 15.4 Å². The number of aromatic nitrogens is 3. The lowest BCUT2D eigenvalue weighted by atomic mass is 10.1. The predicted octanol–water partition coefficient (Wildman–Crippen LogP) is 5.15. The number of ether oxygens (including phenoxy) is 1. The van der Waals surface area contributed by atoms with Gasteiger partial charge in [-0.25, -0.2) is 4.98 Å². The Labute approximate surface area is 200 Å². The van der Waals surface area contributed by atoms with Crippen LogP contribution in [0.3, 0.4) is 0 Å². The summed E-state index contributed by atoms with van der Waals surface area (Å²) in [7, 11) is 1.61. The van der Waals surface area contributed by atoms with E-state index >= 15 is 0 Å². The molecule has 2 heterocycles. The molecule has 0 radical (unpaired) electrons. The first kappa shape index (κ1) is 23.1. The van der Waals surface area contributed by atoms with Gasteiger partial charge in [0.2, 0.25) is 0 Å². The van der Waals surface area contributed by atoms with Crippen LogP contribution in [0.2, 0.25) is 0 Å². The van der Waals surface area contributed by atoms with E-state index in [1.54, 1.807) is 37.8 Å². The molecule has 174 valence electrons. The Morgan fingerprint density at radius 3 is 2.56 bits per heavy atom. The minimum absolute atomic E-state index is 0.0297. The van der Waals surface area contributed by atoms with Crippen LogP contribution < -0.4 is 10.1 Å². The van der Waals surface area contributed by atoms with Gasteiger partial charge in [-0.3, -0.25) is 24.9 Å². The van der Waals surface area contributed by atoms with Crippen LogP contribution >= 0.6 is 11.3 Å². The second kappa shape index (κ2) is 9.44. The number of carbonyl (C=O) groups is 1. The minimum Gasteiger partial charge on any atom is -0.496 e. The van der Waals surface area contributed by atoms with Crippen molar-refractivity contribution in [1.29, 1.82) is 0 Å². The number of nitro groups is 1. The maximum Gasteiger partial charge on any atom is 0.312 e. The molecule has 1 N–H and O–H groups in total. The number of thiazole rings is 1. The fourth-order valence-corrected chi connectivity index (χ4v) is 4.39. The number of anilines is 1. The van der Waals surface area contributed by atoms with Crippen molar-refractivity contribution in [2.75, 3.05) is 12.4 Å². The second-order valence-electron chi connectivity index (χ2n) is 7.83. The highest BCUT2D eigenvalue weighted by molar-refractivity contribution is 7.14. The Kier molecular flexibility index (Phi) is 6.42. The van der Waals surface area contributed by atoms with Crippen LogP contribution in [0.4, 0.5) is 10.8 Å². The highest BCUT2D eigenvalue weighted by Crippen LogP contribution is 2.33. The zero-order chi connectivity index (χ0) is 24.4. The number of hydrogen-bond donors (Lipinski definition) is 1. The summed E-state index contributed by atoms with van der Waals surface area (Å²) in [6, 6.07) is 12.9. The average molecular weight is 478 g/mol. The van der Waals surface area contributed by atoms with Crippen LogP contribution in [0.25, 0.3) is 11.3 Å². The van der Waals surface area contributed by atoms with Gasteiger partial charge in [-0.1, -0.05) is 23.8 Å². The first-order chi connectivity index (χ1) is 16.3. The molecule has 0 aliphatic carbocycles. The van der Waals surface area contributed by atoms with Gasteiger partial charge in [0.05, 0.1) is 24.3 Å². The first-order valence-electron chi connectivity index (χ1n) is 10.5. The number of nitrogens with one attached hydrogen (secondary N) is 1. The zero-order valence-electron chi connectivity index (χ0n) is 19.2. The fraction of sp³-hybridized carbons (Fsp3) is 0.208. The molecule has 34 heavy (non-hydrogen) atoms. The molecule has 9 nitrogen and oxygen atoms in total. The number of hydrogen-bond acceptors (Lipinski definition) is 7. The van der Waals surface area contributed by atoms with Crippen molar-refractivity contribution in [3.05, 3.63) is 86.0 Å². The molecule has 0 aliphatic heterocycles. The van der Waals surface area contributed by atoms with E-state index in [9.17, 15) is 14.9 Å². The van der Waals surface area contributed by atoms with Gasteiger partial charge in [0, 0.05) is 16.5 Å². The van der Waals surface area contributed by atoms with Crippen LogP contribution in [-0.4, -0.2) is 32.7 Å². The third kappa shape index (κ3) is 4.67. The van der Waals surface area contributed by atoms with Crippen LogP contribution in [0.1, 0.15) is 32.9 Å². The topological polar surface area (TPSA) is 112 Å². The second-order valence-corrected chi connectivity index (χ2v) is 8.68. The smallest absolute Gasteiger partial charge is 0.312 e. The van der Waals surface area contributed by atoms with Gasteiger partial charge < -0.3 is 4.74 Å². The van der Waals surface area contributed by atoms with Crippen molar-refractivity contribution in [3.8, 4) is 17.0 Å². The Morgan fingerprint density at radius 1 is 1.18 bits per heavy atom. The number of carbonyl (C=O) groups excluding carboxylic acids is 1. The maximum absolute atomic E-state index is 12.7. The SMILES string of the molecule is COc1ccc(C)cc1-c1csc(NC(=O)c2ccc(Cn3nc(C)c([N+](=O)[O-])c3C)cc2)n1. The summed E-state index contributed by atoms with van der Waals surface area (Å²) in [6.07, 6.45) is 0. The van der Waals surface area contributed by atoms with E-state index in [0.717, 1.165) is 28.1 Å². The summed E-state index contributed by atoms with van der Waals surface area (Å²) in [5.74, 6) is 0.447. The van der Waals surface area contributed by atoms with Crippen molar-refractivity contribution in [2.24, 2.45) is 0 Å². The van der Waals surface area contributed by atoms with Crippen molar-refractivity contribution in [1.82, 2.24) is 14.8 Å². The molecule has 0 unspecified atom stereocenters. The normalized spacial score (nSPS) is 10.8. The molecule has 0 saturated carbocycles. The number of nitrogens with zero attached hydrogens (tertiary/aromatic N) is 4. The first-order valence-corrected chi connectivity index (χ1v) is 11.3. The fourth-order valence-electron chi connectivity index (χ4n) is 3.69. The Morgan fingerprint density at radius 2 is 1.91 bits per heavy atom. The summed E-state index contributed by atoms with van der Waals surface area (Å²) >= 11 is 1.34. The quantitative estimate of drug-likeness (QED) is 0.291. The lowest BCUT2D eigenvalue weighted by Gasteiger charge is -2.07. The molecule has 0 spiro atoms. The van der Waals surface area contributed by atoms with E-state index in [-0.39, 0.29) is 11.6 Å². The summed E-state index contributed by atoms with van der Waals surface area (Å²) < 4.78 is 7.03. The lowest BCUT2D eigenvalue weighted by Crippen LogP contribution is -2.12. The molecule has 0 saturated heterocycles. The van der Waals surface area contributed by atoms with Crippen molar-refractivity contribution >= 4 is 28.1 Å². The van der Waals surface area contributed by atoms with Crippen LogP contribution in [0, 0.1) is 30.9 Å². The van der Waals surface area contributed by atoms with Gasteiger partial charge >= 0.3 is 5.69 Å². The minimum atomic E-state index is -0.416. The van der Waals surface area contributed by atoms with Gasteiger partial charge in [0.15, 0.2) is 5.13 Å². The van der Waals surface area contributed by atoms with Crippen LogP contribution in [0.5, 0.6) is 5.75 Å². The molecule has 2 aromatic carbocycles. The molecule has 0 atom stereocenters. The molecule has 0 bridgehead atoms. The summed E-state index contributed by atoms with van der Waals surface area (Å²) in [6.45, 7) is 5.66. The van der Waals surface area contributed by atoms with Crippen molar-refractivity contribution in [3.63, 3.8) is 0 Å². The molecule has 4 rings (SSSR count). The molecular formula is C24H23N5O4S. The maximum atomic E-state index is 12.7. The largest absolute Gasteiger partial charge is 0.496 e. The lowest BCUT2D eigenvalue weighted by molar-refractivity contribution is -0.386. The zero-order valence-corrected chi connectivity index (χ0v) is 20.0. The summed E-state index contributed by atoms with van der Waals surface area (Å²) in [4.78, 5) is 28.1. The van der Waals surface area contributed by atoms with Gasteiger partial charge in [-0.2, -0.15) is 5.10 Å². The highest BCUT2D eigenvalue weighted by atomic mass is 32.1. The number of rotatable bonds is 7. The van der Waals surface area contributed by atoms with E-state index in [0.29, 0.717) is 28.6 Å². The third-order valence-corrected chi connectivity index (χ3v) is 6.19. The molecule has 0 aliphatic rings. The molecular weight excluding hydrogens is 454 g/mol. The summed E-state index contributed by atoms with van der Waals surface area (Å²) in [5.41, 5.74) is 4.95. The van der Waals surface area contributed by atoms with Gasteiger partial charge in [0.1, 0.15) is 17.1 Å². The Balaban J connectivity index is 1.46. The van der Waals surface area contributed by atoms with Crippen LogP contribution in [0.15, 0.2) is 47.8 Å². The predicted molar refractivity (Wildman–Crippen MR) is 131 cm³/mol. The van der Waals surface area contributed by atoms with Gasteiger partial charge in [0.25, 0.3) is 5.91 Å². The highest BCUT2D eigenvalue weighted by Gasteiger charge is 2.21. The molecule has 2 aromatic heterocycles. The summed E-state index contributed by atoms with van der Waals surface area (Å²) in [5, 5.41) is 20.7. The van der Waals surface area contributed by atoms with Crippen molar-refractivity contribution < 1.29 is 14.5 Å². The Hall–Kier alpha value is -4.05. The number of aryl methyl sites for hydroxylation is 2. The van der Waals surface area contributed by atoms with E-state index in [1.807, 2.05) is 42.6 Å². The number of benzene rings is 2. The van der Waals surface area contributed by atoms with Crippen molar-refractivity contribution in [2.45, 2.75) is 27.3 Å². The van der Waals surface area contributed by atoms with Crippen LogP contribution in [-0.2, 0) is 6.54 Å². The average Bonchev–Trinajstić information content (AvgIpc) is 3.37.